The molecule has 0 spiro atoms. The molecule has 2 saturated carbocycles. The fourth-order valence-corrected chi connectivity index (χ4v) is 6.33. The van der Waals surface area contributed by atoms with E-state index in [1.807, 2.05) is 24.3 Å². The van der Waals surface area contributed by atoms with Crippen LogP contribution in [0.2, 0.25) is 0 Å². The van der Waals surface area contributed by atoms with Gasteiger partial charge in [0.2, 0.25) is 0 Å². The summed E-state index contributed by atoms with van der Waals surface area (Å²) in [4.78, 5) is 0. The Morgan fingerprint density at radius 1 is 0.562 bits per heavy atom. The van der Waals surface area contributed by atoms with E-state index < -0.39 is 60.8 Å². The SMILES string of the molecule is N[C@@H]1C[C@H](N)[C@@H](OCc2cn(Cc3ccc(-c4ccc(Cn5cc(CO[C@H]6[C@H](O)[C@@H](O)[C@H](N)C[C@@H]6N)nn5)cc4)cc3)nn2)[C@H](O)[C@H]1O. The van der Waals surface area contributed by atoms with Gasteiger partial charge < -0.3 is 52.8 Å². The molecular formula is C32H44N10O6. The zero-order valence-electron chi connectivity index (χ0n) is 26.4. The van der Waals surface area contributed by atoms with E-state index >= 15 is 0 Å². The third-order valence-electron chi connectivity index (χ3n) is 9.13. The van der Waals surface area contributed by atoms with E-state index in [4.69, 9.17) is 32.4 Å². The van der Waals surface area contributed by atoms with E-state index in [2.05, 4.69) is 44.9 Å². The molecule has 2 heterocycles. The monoisotopic (exact) mass is 664 g/mol. The van der Waals surface area contributed by atoms with Crippen molar-refractivity contribution in [3.8, 4) is 11.1 Å². The van der Waals surface area contributed by atoms with Crippen molar-refractivity contribution in [2.24, 2.45) is 22.9 Å². The fourth-order valence-electron chi connectivity index (χ4n) is 6.33. The van der Waals surface area contributed by atoms with Crippen LogP contribution >= 0.6 is 0 Å². The minimum Gasteiger partial charge on any atom is -0.389 e. The molecular weight excluding hydrogens is 620 g/mol. The highest BCUT2D eigenvalue weighted by molar-refractivity contribution is 5.64. The molecule has 0 bridgehead atoms. The minimum absolute atomic E-state index is 0.0983. The topological polar surface area (TPSA) is 265 Å². The lowest BCUT2D eigenvalue weighted by atomic mass is 9.85. The van der Waals surface area contributed by atoms with E-state index in [9.17, 15) is 20.4 Å². The molecule has 2 aromatic carbocycles. The summed E-state index contributed by atoms with van der Waals surface area (Å²) in [7, 11) is 0. The summed E-state index contributed by atoms with van der Waals surface area (Å²) in [6, 6.07) is 14.2. The lowest BCUT2D eigenvalue weighted by Crippen LogP contribution is -2.61. The Labute approximate surface area is 277 Å². The molecule has 16 heteroatoms. The molecule has 2 aliphatic rings. The van der Waals surface area contributed by atoms with Crippen molar-refractivity contribution in [2.45, 2.75) is 99.9 Å². The van der Waals surface area contributed by atoms with E-state index in [0.717, 1.165) is 22.3 Å². The van der Waals surface area contributed by atoms with Gasteiger partial charge in [0.1, 0.15) is 35.8 Å². The number of hydrogen-bond acceptors (Lipinski definition) is 14. The lowest BCUT2D eigenvalue weighted by Gasteiger charge is -2.39. The molecule has 4 aromatic rings. The van der Waals surface area contributed by atoms with Gasteiger partial charge in [0, 0.05) is 24.2 Å². The van der Waals surface area contributed by atoms with Crippen molar-refractivity contribution in [1.82, 2.24) is 30.0 Å². The predicted molar refractivity (Wildman–Crippen MR) is 172 cm³/mol. The summed E-state index contributed by atoms with van der Waals surface area (Å²) in [5.74, 6) is 0. The first-order valence-corrected chi connectivity index (χ1v) is 16.0. The standard InChI is InChI=1S/C32H44N10O6/c33-23-9-25(35)31(29(45)27(23)43)47-15-21-13-41(39-37-21)11-17-1-5-19(6-2-17)20-7-3-18(4-8-20)12-42-14-22(38-40-42)16-48-32-26(36)10-24(34)28(44)30(32)46/h1-8,13-14,23-32,43-46H,9-12,15-16,33-36H2/t23-,24-,25+,26+,27+,28+,29-,30-,31-,32-/m1/s1. The molecule has 12 N–H and O–H groups in total. The highest BCUT2D eigenvalue weighted by Crippen LogP contribution is 2.24. The number of ether oxygens (including phenoxy) is 2. The molecule has 6 rings (SSSR count). The van der Waals surface area contributed by atoms with Crippen molar-refractivity contribution in [3.63, 3.8) is 0 Å². The minimum atomic E-state index is -1.16. The largest absolute Gasteiger partial charge is 0.389 e. The predicted octanol–water partition coefficient (Wildman–Crippen LogP) is -2.04. The van der Waals surface area contributed by atoms with E-state index in [0.29, 0.717) is 37.3 Å². The van der Waals surface area contributed by atoms with Crippen LogP contribution in [0.1, 0.15) is 35.4 Å². The smallest absolute Gasteiger partial charge is 0.109 e. The van der Waals surface area contributed by atoms with Crippen LogP contribution in [-0.2, 0) is 35.8 Å². The van der Waals surface area contributed by atoms with Gasteiger partial charge >= 0.3 is 0 Å². The number of aliphatic hydroxyl groups excluding tert-OH is 4. The van der Waals surface area contributed by atoms with Crippen LogP contribution < -0.4 is 22.9 Å². The molecule has 10 atom stereocenters. The van der Waals surface area contributed by atoms with Gasteiger partial charge in [-0.15, -0.1) is 10.2 Å². The Bertz CT molecular complexity index is 1500. The van der Waals surface area contributed by atoms with Crippen LogP contribution in [0.15, 0.2) is 60.9 Å². The average Bonchev–Trinajstić information content (AvgIpc) is 3.72. The maximum absolute atomic E-state index is 10.3. The number of benzene rings is 2. The van der Waals surface area contributed by atoms with Gasteiger partial charge in [-0.25, -0.2) is 9.36 Å². The second-order valence-electron chi connectivity index (χ2n) is 12.8. The molecule has 0 radical (unpaired) electrons. The first-order chi connectivity index (χ1) is 23.0. The maximum atomic E-state index is 10.3. The maximum Gasteiger partial charge on any atom is 0.109 e. The van der Waals surface area contributed by atoms with Crippen LogP contribution in [0.5, 0.6) is 0 Å². The van der Waals surface area contributed by atoms with Gasteiger partial charge in [0.15, 0.2) is 0 Å². The number of aliphatic hydroxyl groups is 4. The van der Waals surface area contributed by atoms with Gasteiger partial charge in [-0.1, -0.05) is 59.0 Å². The molecule has 0 amide bonds. The summed E-state index contributed by atoms with van der Waals surface area (Å²) >= 11 is 0. The van der Waals surface area contributed by atoms with Gasteiger partial charge in [0.05, 0.1) is 50.9 Å². The zero-order valence-corrected chi connectivity index (χ0v) is 26.4. The molecule has 16 nitrogen and oxygen atoms in total. The molecule has 0 aliphatic heterocycles. The first kappa shape index (κ1) is 34.2. The summed E-state index contributed by atoms with van der Waals surface area (Å²) in [5.41, 5.74) is 29.2. The van der Waals surface area contributed by atoms with Crippen LogP contribution in [0.25, 0.3) is 11.1 Å². The number of nitrogens with two attached hydrogens (primary N) is 4. The molecule has 48 heavy (non-hydrogen) atoms. The van der Waals surface area contributed by atoms with Crippen molar-refractivity contribution in [1.29, 1.82) is 0 Å². The Morgan fingerprint density at radius 3 is 1.31 bits per heavy atom. The molecule has 0 unspecified atom stereocenters. The Morgan fingerprint density at radius 2 is 0.938 bits per heavy atom. The van der Waals surface area contributed by atoms with Crippen LogP contribution in [-0.4, -0.2) is 111 Å². The number of rotatable bonds is 11. The lowest BCUT2D eigenvalue weighted by molar-refractivity contribution is -0.132. The Hall–Kier alpha value is -3.68. The summed E-state index contributed by atoms with van der Waals surface area (Å²) in [6.45, 7) is 1.23. The van der Waals surface area contributed by atoms with Gasteiger partial charge in [-0.2, -0.15) is 0 Å². The third kappa shape index (κ3) is 7.79. The van der Waals surface area contributed by atoms with Crippen molar-refractivity contribution in [3.05, 3.63) is 83.4 Å². The quantitative estimate of drug-likeness (QED) is 0.0859. The molecule has 258 valence electrons. The molecule has 2 aromatic heterocycles. The van der Waals surface area contributed by atoms with E-state index in [1.165, 1.54) is 0 Å². The van der Waals surface area contributed by atoms with Gasteiger partial charge in [-0.05, 0) is 35.1 Å². The molecule has 0 saturated heterocycles. The number of aromatic nitrogens is 6. The van der Waals surface area contributed by atoms with E-state index in [-0.39, 0.29) is 13.2 Å². The third-order valence-corrected chi connectivity index (χ3v) is 9.13. The summed E-state index contributed by atoms with van der Waals surface area (Å²) < 4.78 is 15.0. The zero-order chi connectivity index (χ0) is 33.9. The summed E-state index contributed by atoms with van der Waals surface area (Å²) in [5, 5.41) is 57.4. The van der Waals surface area contributed by atoms with Crippen molar-refractivity contribution < 1.29 is 29.9 Å². The van der Waals surface area contributed by atoms with Crippen LogP contribution in [0.3, 0.4) is 0 Å². The van der Waals surface area contributed by atoms with Crippen molar-refractivity contribution in [2.75, 3.05) is 0 Å². The van der Waals surface area contributed by atoms with Crippen LogP contribution in [0.4, 0.5) is 0 Å². The summed E-state index contributed by atoms with van der Waals surface area (Å²) in [6.07, 6.45) is -1.73. The van der Waals surface area contributed by atoms with Crippen LogP contribution in [0, 0.1) is 0 Å². The highest BCUT2D eigenvalue weighted by atomic mass is 16.5. The second kappa shape index (κ2) is 14.8. The van der Waals surface area contributed by atoms with E-state index in [1.54, 1.807) is 21.8 Å². The van der Waals surface area contributed by atoms with Gasteiger partial charge in [-0.3, -0.25) is 0 Å². The van der Waals surface area contributed by atoms with Crippen molar-refractivity contribution >= 4 is 0 Å². The fraction of sp³-hybridized carbons (Fsp3) is 0.500. The Kier molecular flexibility index (Phi) is 10.6. The molecule has 2 aliphatic carbocycles. The molecule has 2 fully saturated rings. The second-order valence-corrected chi connectivity index (χ2v) is 12.8. The number of nitrogens with zero attached hydrogens (tertiary/aromatic N) is 6. The number of hydrogen-bond donors (Lipinski definition) is 8. The highest BCUT2D eigenvalue weighted by Gasteiger charge is 2.42. The normalized spacial score (nSPS) is 30.8. The average molecular weight is 665 g/mol. The Balaban J connectivity index is 0.977. The first-order valence-electron chi connectivity index (χ1n) is 16.0. The van der Waals surface area contributed by atoms with Gasteiger partial charge in [0.25, 0.3) is 0 Å².